The lowest BCUT2D eigenvalue weighted by Gasteiger charge is -2.22. The summed E-state index contributed by atoms with van der Waals surface area (Å²) in [6, 6.07) is 6.96. The average Bonchev–Trinajstić information content (AvgIpc) is 2.85. The van der Waals surface area contributed by atoms with Crippen molar-refractivity contribution in [3.8, 4) is 0 Å². The van der Waals surface area contributed by atoms with Gasteiger partial charge in [0.2, 0.25) is 10.0 Å². The van der Waals surface area contributed by atoms with E-state index in [4.69, 9.17) is 0 Å². The van der Waals surface area contributed by atoms with E-state index in [1.807, 2.05) is 52.4 Å². The molecule has 3 N–H and O–H groups in total. The number of aliphatic imine (C=N–C) groups is 1. The van der Waals surface area contributed by atoms with Gasteiger partial charge in [-0.1, -0.05) is 18.2 Å². The summed E-state index contributed by atoms with van der Waals surface area (Å²) < 4.78 is 30.1. The third-order valence-electron chi connectivity index (χ3n) is 4.46. The fourth-order valence-electron chi connectivity index (χ4n) is 3.02. The highest BCUT2D eigenvalue weighted by Crippen LogP contribution is 2.18. The van der Waals surface area contributed by atoms with Gasteiger partial charge in [-0.05, 0) is 46.2 Å². The Morgan fingerprint density at radius 3 is 2.27 bits per heavy atom. The van der Waals surface area contributed by atoms with Crippen LogP contribution in [0.3, 0.4) is 0 Å². The second-order valence-corrected chi connectivity index (χ2v) is 9.67. The number of aryl methyl sites for hydroxylation is 2. The van der Waals surface area contributed by atoms with E-state index < -0.39 is 15.6 Å². The Bertz CT molecular complexity index is 993. The Morgan fingerprint density at radius 2 is 1.73 bits per heavy atom. The summed E-state index contributed by atoms with van der Waals surface area (Å²) in [6.45, 7) is 10.4. The largest absolute Gasteiger partial charge is 0.352 e. The van der Waals surface area contributed by atoms with Crippen LogP contribution >= 0.6 is 24.0 Å². The van der Waals surface area contributed by atoms with Crippen molar-refractivity contribution in [2.45, 2.75) is 58.1 Å². The molecular formula is C20H33IN6O2S. The maximum Gasteiger partial charge on any atom is 0.241 e. The van der Waals surface area contributed by atoms with E-state index in [0.717, 1.165) is 17.0 Å². The molecule has 0 aliphatic carbocycles. The van der Waals surface area contributed by atoms with Crippen molar-refractivity contribution >= 4 is 40.0 Å². The molecule has 0 aliphatic rings. The molecule has 2 rings (SSSR count). The normalized spacial score (nSPS) is 12.4. The lowest BCUT2D eigenvalue weighted by Crippen LogP contribution is -2.41. The summed E-state index contributed by atoms with van der Waals surface area (Å²) in [7, 11) is -0.0271. The van der Waals surface area contributed by atoms with Gasteiger partial charge in [0, 0.05) is 44.0 Å². The molecule has 0 fully saturated rings. The first kappa shape index (κ1) is 26.4. The maximum absolute atomic E-state index is 12.8. The molecule has 0 bridgehead atoms. The molecule has 168 valence electrons. The number of halogens is 1. The molecule has 1 aromatic heterocycles. The van der Waals surface area contributed by atoms with E-state index in [1.165, 1.54) is 0 Å². The zero-order chi connectivity index (χ0) is 21.8. The molecule has 0 aliphatic heterocycles. The molecule has 0 atom stereocenters. The van der Waals surface area contributed by atoms with E-state index >= 15 is 0 Å². The molecule has 0 radical (unpaired) electrons. The smallest absolute Gasteiger partial charge is 0.241 e. The molecule has 0 unspecified atom stereocenters. The number of benzene rings is 1. The lowest BCUT2D eigenvalue weighted by molar-refractivity contribution is 0.491. The number of sulfonamides is 1. The van der Waals surface area contributed by atoms with Crippen molar-refractivity contribution in [3.63, 3.8) is 0 Å². The monoisotopic (exact) mass is 548 g/mol. The summed E-state index contributed by atoms with van der Waals surface area (Å²) in [6.07, 6.45) is 0. The van der Waals surface area contributed by atoms with Crippen LogP contribution in [0, 0.1) is 13.8 Å². The molecule has 10 heteroatoms. The van der Waals surface area contributed by atoms with E-state index in [-0.39, 0.29) is 28.9 Å². The van der Waals surface area contributed by atoms with Crippen molar-refractivity contribution in [1.29, 1.82) is 0 Å². The molecule has 0 saturated heterocycles. The van der Waals surface area contributed by atoms with Gasteiger partial charge < -0.3 is 10.6 Å². The molecule has 0 spiro atoms. The molecule has 0 amide bonds. The van der Waals surface area contributed by atoms with Gasteiger partial charge in [0.05, 0.1) is 10.6 Å². The van der Waals surface area contributed by atoms with Crippen molar-refractivity contribution in [2.75, 3.05) is 7.05 Å². The Balaban J connectivity index is 0.00000450. The lowest BCUT2D eigenvalue weighted by atomic mass is 10.1. The summed E-state index contributed by atoms with van der Waals surface area (Å²) in [5, 5.41) is 10.9. The number of hydrogen-bond acceptors (Lipinski definition) is 4. The Hall–Kier alpha value is -1.66. The van der Waals surface area contributed by atoms with Crippen molar-refractivity contribution in [1.82, 2.24) is 25.1 Å². The third kappa shape index (κ3) is 6.95. The number of hydrogen-bond donors (Lipinski definition) is 3. The van der Waals surface area contributed by atoms with Crippen molar-refractivity contribution in [3.05, 3.63) is 46.8 Å². The number of guanidine groups is 1. The highest BCUT2D eigenvalue weighted by Gasteiger charge is 2.24. The second-order valence-electron chi connectivity index (χ2n) is 8.02. The number of rotatable bonds is 6. The van der Waals surface area contributed by atoms with Crippen LogP contribution in [0.2, 0.25) is 0 Å². The topological polar surface area (TPSA) is 100 Å². The van der Waals surface area contributed by atoms with Crippen LogP contribution in [0.4, 0.5) is 0 Å². The highest BCUT2D eigenvalue weighted by molar-refractivity contribution is 14.0. The van der Waals surface area contributed by atoms with E-state index in [1.54, 1.807) is 25.2 Å². The standard InChI is InChI=1S/C20H32N6O2S.HI/c1-14-17(15(2)26(7)24-14)13-23-19(21-6)22-12-16-10-8-9-11-18(16)29(27,28)25-20(3,4)5;/h8-11,25H,12-13H2,1-7H3,(H2,21,22,23);1H. The Morgan fingerprint density at radius 1 is 1.13 bits per heavy atom. The van der Waals surface area contributed by atoms with Crippen LogP contribution in [0.5, 0.6) is 0 Å². The van der Waals surface area contributed by atoms with E-state index in [0.29, 0.717) is 24.6 Å². The third-order valence-corrected chi connectivity index (χ3v) is 6.32. The average molecular weight is 548 g/mol. The fourth-order valence-corrected chi connectivity index (χ4v) is 4.67. The van der Waals surface area contributed by atoms with Crippen LogP contribution in [-0.4, -0.2) is 36.7 Å². The Kier molecular flexibility index (Phi) is 9.30. The maximum atomic E-state index is 12.8. The van der Waals surface area contributed by atoms with Gasteiger partial charge in [-0.3, -0.25) is 9.67 Å². The van der Waals surface area contributed by atoms with E-state index in [2.05, 4.69) is 25.4 Å². The van der Waals surface area contributed by atoms with Crippen LogP contribution in [0.1, 0.15) is 43.3 Å². The first-order valence-electron chi connectivity index (χ1n) is 9.50. The highest BCUT2D eigenvalue weighted by atomic mass is 127. The number of aromatic nitrogens is 2. The predicted molar refractivity (Wildman–Crippen MR) is 132 cm³/mol. The predicted octanol–water partition coefficient (Wildman–Crippen LogP) is 2.60. The molecule has 0 saturated carbocycles. The SMILES string of the molecule is CN=C(NCc1ccccc1S(=O)(=O)NC(C)(C)C)NCc1c(C)nn(C)c1C.I. The molecule has 30 heavy (non-hydrogen) atoms. The molecule has 2 aromatic rings. The van der Waals surface area contributed by atoms with Gasteiger partial charge in [-0.15, -0.1) is 24.0 Å². The van der Waals surface area contributed by atoms with Gasteiger partial charge in [0.1, 0.15) is 0 Å². The Labute approximate surface area is 197 Å². The second kappa shape index (κ2) is 10.6. The van der Waals surface area contributed by atoms with Crippen LogP contribution in [-0.2, 0) is 30.2 Å². The van der Waals surface area contributed by atoms with Crippen LogP contribution in [0.15, 0.2) is 34.2 Å². The zero-order valence-electron chi connectivity index (χ0n) is 18.7. The van der Waals surface area contributed by atoms with Crippen molar-refractivity contribution < 1.29 is 8.42 Å². The molecule has 8 nitrogen and oxygen atoms in total. The van der Waals surface area contributed by atoms with Crippen molar-refractivity contribution in [2.24, 2.45) is 12.0 Å². The van der Waals surface area contributed by atoms with Gasteiger partial charge in [-0.25, -0.2) is 13.1 Å². The minimum atomic E-state index is -3.63. The van der Waals surface area contributed by atoms with Crippen LogP contribution < -0.4 is 15.4 Å². The first-order valence-corrected chi connectivity index (χ1v) is 11.0. The van der Waals surface area contributed by atoms with E-state index in [9.17, 15) is 8.42 Å². The quantitative estimate of drug-likeness (QED) is 0.293. The minimum absolute atomic E-state index is 0. The summed E-state index contributed by atoms with van der Waals surface area (Å²) >= 11 is 0. The minimum Gasteiger partial charge on any atom is -0.352 e. The van der Waals surface area contributed by atoms with Crippen LogP contribution in [0.25, 0.3) is 0 Å². The zero-order valence-corrected chi connectivity index (χ0v) is 21.8. The summed E-state index contributed by atoms with van der Waals surface area (Å²) in [4.78, 5) is 4.50. The molecule has 1 aromatic carbocycles. The van der Waals surface area contributed by atoms with Gasteiger partial charge in [0.25, 0.3) is 0 Å². The number of nitrogens with one attached hydrogen (secondary N) is 3. The van der Waals surface area contributed by atoms with Gasteiger partial charge >= 0.3 is 0 Å². The van der Waals surface area contributed by atoms with Gasteiger partial charge in [0.15, 0.2) is 5.96 Å². The molecule has 1 heterocycles. The first-order chi connectivity index (χ1) is 13.4. The summed E-state index contributed by atoms with van der Waals surface area (Å²) in [5.74, 6) is 0.587. The number of nitrogens with zero attached hydrogens (tertiary/aromatic N) is 3. The van der Waals surface area contributed by atoms with Gasteiger partial charge in [-0.2, -0.15) is 5.10 Å². The molecular weight excluding hydrogens is 515 g/mol. The summed E-state index contributed by atoms with van der Waals surface area (Å²) in [5.41, 5.74) is 3.29. The fraction of sp³-hybridized carbons (Fsp3) is 0.500.